The van der Waals surface area contributed by atoms with Gasteiger partial charge in [0.15, 0.2) is 0 Å². The summed E-state index contributed by atoms with van der Waals surface area (Å²) in [5, 5.41) is 0. The van der Waals surface area contributed by atoms with E-state index in [1.807, 2.05) is 0 Å². The highest BCUT2D eigenvalue weighted by Gasteiger charge is 2.10. The molecule has 0 aliphatic heterocycles. The topological polar surface area (TPSA) is 69.7 Å². The van der Waals surface area contributed by atoms with Crippen LogP contribution >= 0.6 is 0 Å². The van der Waals surface area contributed by atoms with Crippen molar-refractivity contribution in [3.05, 3.63) is 12.7 Å². The molecule has 0 amide bonds. The second-order valence-electron chi connectivity index (χ2n) is 1.66. The minimum Gasteiger partial charge on any atom is -0.282 e. The van der Waals surface area contributed by atoms with E-state index in [4.69, 9.17) is 0 Å². The Morgan fingerprint density at radius 2 is 2.18 bits per heavy atom. The lowest BCUT2D eigenvalue weighted by Gasteiger charge is -1.98. The Morgan fingerprint density at radius 1 is 1.64 bits per heavy atom. The van der Waals surface area contributed by atoms with Gasteiger partial charge in [-0.3, -0.25) is 4.89 Å². The predicted octanol–water partition coefficient (Wildman–Crippen LogP) is -0.00310. The molecule has 0 rings (SSSR count). The Bertz CT molecular complexity index is 240. The van der Waals surface area contributed by atoms with Gasteiger partial charge in [0.2, 0.25) is 0 Å². The fourth-order valence-corrected chi connectivity index (χ4v) is 0.816. The highest BCUT2D eigenvalue weighted by Crippen LogP contribution is 1.94. The van der Waals surface area contributed by atoms with Crippen molar-refractivity contribution in [2.24, 2.45) is 0 Å². The maximum Gasteiger partial charge on any atom is 0.340 e. The number of hydrogen-bond acceptors (Lipinski definition) is 5. The molecule has 6 heteroatoms. The maximum absolute atomic E-state index is 10.6. The monoisotopic (exact) mass is 180 g/mol. The summed E-state index contributed by atoms with van der Waals surface area (Å²) in [4.78, 5) is 13.8. The normalized spacial score (nSPS) is 10.6. The largest absolute Gasteiger partial charge is 0.340 e. The minimum absolute atomic E-state index is 0.389. The fraction of sp³-hybridized carbons (Fsp3) is 0.400. The molecule has 5 nitrogen and oxygen atoms in total. The second kappa shape index (κ2) is 4.09. The van der Waals surface area contributed by atoms with E-state index in [2.05, 4.69) is 15.8 Å². The zero-order valence-corrected chi connectivity index (χ0v) is 6.76. The molecule has 0 heterocycles. The van der Waals surface area contributed by atoms with Gasteiger partial charge in [0, 0.05) is 6.92 Å². The smallest absolute Gasteiger partial charge is 0.282 e. The quantitative estimate of drug-likeness (QED) is 0.346. The van der Waals surface area contributed by atoms with Gasteiger partial charge in [0.25, 0.3) is 0 Å². The molecule has 11 heavy (non-hydrogen) atoms. The minimum atomic E-state index is -3.79. The third-order valence-electron chi connectivity index (χ3n) is 0.577. The van der Waals surface area contributed by atoms with Crippen LogP contribution in [0.15, 0.2) is 12.7 Å². The fourth-order valence-electron chi connectivity index (χ4n) is 0.272. The molecule has 64 valence electrons. The van der Waals surface area contributed by atoms with Crippen LogP contribution in [0.2, 0.25) is 0 Å². The van der Waals surface area contributed by atoms with Gasteiger partial charge < -0.3 is 0 Å². The number of carbonyl (C=O) groups is 1. The molecule has 0 aliphatic carbocycles. The van der Waals surface area contributed by atoms with Crippen molar-refractivity contribution in [3.8, 4) is 0 Å². The first kappa shape index (κ1) is 10.1. The highest BCUT2D eigenvalue weighted by molar-refractivity contribution is 7.86. The van der Waals surface area contributed by atoms with E-state index in [-0.39, 0.29) is 5.75 Å². The first-order valence-corrected chi connectivity index (χ1v) is 4.26. The van der Waals surface area contributed by atoms with Gasteiger partial charge in [0.05, 0.1) is 5.75 Å². The van der Waals surface area contributed by atoms with Crippen molar-refractivity contribution in [1.82, 2.24) is 0 Å². The molecular weight excluding hydrogens is 172 g/mol. The molecule has 0 aromatic heterocycles. The predicted molar refractivity (Wildman–Crippen MR) is 36.8 cm³/mol. The molecule has 0 spiro atoms. The van der Waals surface area contributed by atoms with Crippen molar-refractivity contribution in [3.63, 3.8) is 0 Å². The van der Waals surface area contributed by atoms with E-state index >= 15 is 0 Å². The molecule has 0 radical (unpaired) electrons. The molecule has 0 saturated carbocycles. The lowest BCUT2D eigenvalue weighted by Crippen LogP contribution is -2.11. The van der Waals surface area contributed by atoms with E-state index < -0.39 is 16.1 Å². The average molecular weight is 180 g/mol. The van der Waals surface area contributed by atoms with Crippen molar-refractivity contribution >= 4 is 16.1 Å². The van der Waals surface area contributed by atoms with Gasteiger partial charge >= 0.3 is 16.1 Å². The average Bonchev–Trinajstić information content (AvgIpc) is 1.84. The third-order valence-corrected chi connectivity index (χ3v) is 1.50. The Kier molecular flexibility index (Phi) is 3.77. The van der Waals surface area contributed by atoms with Crippen LogP contribution in [0.4, 0.5) is 0 Å². The molecule has 0 aliphatic rings. The van der Waals surface area contributed by atoms with Gasteiger partial charge in [-0.2, -0.15) is 8.42 Å². The summed E-state index contributed by atoms with van der Waals surface area (Å²) in [7, 11) is -3.79. The highest BCUT2D eigenvalue weighted by atomic mass is 32.2. The van der Waals surface area contributed by atoms with Crippen molar-refractivity contribution in [2.45, 2.75) is 6.92 Å². The van der Waals surface area contributed by atoms with Gasteiger partial charge in [0.1, 0.15) is 0 Å². The molecule has 0 N–H and O–H groups in total. The zero-order chi connectivity index (χ0) is 8.91. The Hall–Kier alpha value is -0.880. The van der Waals surface area contributed by atoms with Crippen LogP contribution in [0.25, 0.3) is 0 Å². The van der Waals surface area contributed by atoms with Crippen LogP contribution in [0.1, 0.15) is 6.92 Å². The Labute approximate surface area is 64.7 Å². The number of rotatable bonds is 4. The summed E-state index contributed by atoms with van der Waals surface area (Å²) >= 11 is 0. The van der Waals surface area contributed by atoms with Crippen LogP contribution in [0.3, 0.4) is 0 Å². The van der Waals surface area contributed by atoms with Crippen LogP contribution in [0.5, 0.6) is 0 Å². The Balaban J connectivity index is 3.93. The van der Waals surface area contributed by atoms with E-state index in [9.17, 15) is 13.2 Å². The summed E-state index contributed by atoms with van der Waals surface area (Å²) in [5.41, 5.74) is 0. The standard InChI is InChI=1S/C5H8O5S/c1-3-4-11(7,8)10-9-5(2)6/h3H,1,4H2,2H3. The summed E-state index contributed by atoms with van der Waals surface area (Å²) in [6.07, 6.45) is 1.12. The molecule has 0 aromatic carbocycles. The van der Waals surface area contributed by atoms with E-state index in [1.54, 1.807) is 0 Å². The van der Waals surface area contributed by atoms with Crippen LogP contribution < -0.4 is 0 Å². The van der Waals surface area contributed by atoms with Crippen molar-refractivity contribution < 1.29 is 22.4 Å². The molecule has 0 saturated heterocycles. The van der Waals surface area contributed by atoms with Gasteiger partial charge in [-0.15, -0.1) is 6.58 Å². The second-order valence-corrected chi connectivity index (χ2v) is 3.24. The summed E-state index contributed by atoms with van der Waals surface area (Å²) in [5.74, 6) is -1.21. The van der Waals surface area contributed by atoms with Crippen LogP contribution in [0, 0.1) is 0 Å². The summed E-state index contributed by atoms with van der Waals surface area (Å²) < 4.78 is 24.9. The SMILES string of the molecule is C=CCS(=O)(=O)OOC(C)=O. The summed E-state index contributed by atoms with van der Waals surface area (Å²) in [6, 6.07) is 0. The van der Waals surface area contributed by atoms with Crippen LogP contribution in [-0.4, -0.2) is 20.1 Å². The van der Waals surface area contributed by atoms with Gasteiger partial charge in [-0.25, -0.2) is 4.79 Å². The number of carbonyl (C=O) groups excluding carboxylic acids is 1. The van der Waals surface area contributed by atoms with E-state index in [0.29, 0.717) is 0 Å². The Morgan fingerprint density at radius 3 is 2.55 bits per heavy atom. The molecule has 0 unspecified atom stereocenters. The van der Waals surface area contributed by atoms with Crippen molar-refractivity contribution in [1.29, 1.82) is 0 Å². The number of hydrogen-bond donors (Lipinski definition) is 0. The lowest BCUT2D eigenvalue weighted by atomic mass is 10.8. The lowest BCUT2D eigenvalue weighted by molar-refractivity contribution is -0.208. The molecule has 0 fully saturated rings. The molecular formula is C5H8O5S. The molecule has 0 atom stereocenters. The first-order chi connectivity index (χ1) is 4.98. The molecule has 0 aromatic rings. The third kappa shape index (κ3) is 5.56. The zero-order valence-electron chi connectivity index (χ0n) is 5.94. The maximum atomic E-state index is 10.6. The van der Waals surface area contributed by atoms with Crippen LogP contribution in [-0.2, 0) is 24.1 Å². The van der Waals surface area contributed by atoms with Gasteiger partial charge in [-0.05, 0) is 0 Å². The van der Waals surface area contributed by atoms with Crippen molar-refractivity contribution in [2.75, 3.05) is 5.75 Å². The van der Waals surface area contributed by atoms with E-state index in [0.717, 1.165) is 13.0 Å². The van der Waals surface area contributed by atoms with Gasteiger partial charge in [-0.1, -0.05) is 10.4 Å². The first-order valence-electron chi connectivity index (χ1n) is 2.68. The molecule has 0 bridgehead atoms. The summed E-state index contributed by atoms with van der Waals surface area (Å²) in [6.45, 7) is 4.20. The van der Waals surface area contributed by atoms with E-state index in [1.165, 1.54) is 0 Å².